The second-order valence-electron chi connectivity index (χ2n) is 3.62. The van der Waals surface area contributed by atoms with Gasteiger partial charge in [-0.3, -0.25) is 0 Å². The zero-order valence-corrected chi connectivity index (χ0v) is 7.86. The first-order valence-electron chi connectivity index (χ1n) is 3.93. The summed E-state index contributed by atoms with van der Waals surface area (Å²) in [4.78, 5) is 0. The van der Waals surface area contributed by atoms with Gasteiger partial charge in [-0.25, -0.2) is 0 Å². The van der Waals surface area contributed by atoms with Crippen LogP contribution in [0.2, 0.25) is 0 Å². The van der Waals surface area contributed by atoms with Crippen LogP contribution in [0.5, 0.6) is 0 Å². The van der Waals surface area contributed by atoms with Gasteiger partial charge in [0.25, 0.3) is 0 Å². The Morgan fingerprint density at radius 2 is 2.00 bits per heavy atom. The maximum absolute atomic E-state index is 2.57. The van der Waals surface area contributed by atoms with E-state index in [0.717, 1.165) is 11.3 Å². The van der Waals surface area contributed by atoms with Crippen molar-refractivity contribution in [1.29, 1.82) is 0 Å². The van der Waals surface area contributed by atoms with Crippen molar-refractivity contribution >= 4 is 22.6 Å². The molecule has 0 nitrogen and oxygen atoms in total. The summed E-state index contributed by atoms with van der Waals surface area (Å²) < 4.78 is 1.43. The summed E-state index contributed by atoms with van der Waals surface area (Å²) >= 11 is 2.57. The van der Waals surface area contributed by atoms with Crippen molar-refractivity contribution in [2.24, 2.45) is 11.3 Å². The molecule has 0 aromatic carbocycles. The lowest BCUT2D eigenvalue weighted by Gasteiger charge is -2.41. The molecule has 0 aromatic heterocycles. The van der Waals surface area contributed by atoms with Crippen LogP contribution in [0.4, 0.5) is 0 Å². The van der Waals surface area contributed by atoms with Gasteiger partial charge in [0.05, 0.1) is 0 Å². The monoisotopic (exact) mass is 236 g/mol. The molecule has 0 radical (unpaired) electrons. The van der Waals surface area contributed by atoms with Gasteiger partial charge in [-0.05, 0) is 37.0 Å². The Morgan fingerprint density at radius 3 is 2.11 bits per heavy atom. The first-order chi connectivity index (χ1) is 4.37. The zero-order valence-electron chi connectivity index (χ0n) is 5.70. The van der Waals surface area contributed by atoms with Gasteiger partial charge >= 0.3 is 0 Å². The van der Waals surface area contributed by atoms with Crippen molar-refractivity contribution in [1.82, 2.24) is 0 Å². The Kier molecular flexibility index (Phi) is 1.51. The van der Waals surface area contributed by atoms with E-state index in [9.17, 15) is 0 Å². The Hall–Kier alpha value is 0.730. The third-order valence-corrected chi connectivity index (χ3v) is 4.58. The van der Waals surface area contributed by atoms with Gasteiger partial charge in [-0.1, -0.05) is 29.0 Å². The Labute approximate surface area is 70.5 Å². The Morgan fingerprint density at radius 1 is 1.33 bits per heavy atom. The van der Waals surface area contributed by atoms with Gasteiger partial charge in [0.15, 0.2) is 0 Å². The summed E-state index contributed by atoms with van der Waals surface area (Å²) in [6.07, 6.45) is 7.69. The minimum absolute atomic E-state index is 0.862. The highest BCUT2D eigenvalue weighted by Gasteiger charge is 2.47. The van der Waals surface area contributed by atoms with Crippen LogP contribution in [0, 0.1) is 11.3 Å². The van der Waals surface area contributed by atoms with Crippen molar-refractivity contribution < 1.29 is 0 Å². The van der Waals surface area contributed by atoms with Crippen LogP contribution in [0.1, 0.15) is 32.1 Å². The summed E-state index contributed by atoms with van der Waals surface area (Å²) in [5, 5.41) is 0. The van der Waals surface area contributed by atoms with E-state index in [1.54, 1.807) is 25.7 Å². The second kappa shape index (κ2) is 2.11. The third-order valence-electron chi connectivity index (χ3n) is 3.06. The largest absolute Gasteiger partial charge is 0.0858 e. The van der Waals surface area contributed by atoms with E-state index in [-0.39, 0.29) is 0 Å². The first-order valence-corrected chi connectivity index (χ1v) is 5.46. The van der Waals surface area contributed by atoms with Crippen molar-refractivity contribution in [3.8, 4) is 0 Å². The summed E-state index contributed by atoms with van der Waals surface area (Å²) in [5.74, 6) is 1.16. The van der Waals surface area contributed by atoms with E-state index >= 15 is 0 Å². The van der Waals surface area contributed by atoms with Crippen molar-refractivity contribution in [3.63, 3.8) is 0 Å². The normalized spacial score (nSPS) is 31.7. The predicted molar refractivity (Wildman–Crippen MR) is 47.9 cm³/mol. The highest BCUT2D eigenvalue weighted by Crippen LogP contribution is 2.57. The molecular weight excluding hydrogens is 223 g/mol. The Bertz CT molecular complexity index is 106. The standard InChI is InChI=1S/C8H13I/c9-6-8(4-1-5-8)7-2-3-7/h7H,1-6H2. The maximum atomic E-state index is 2.57. The molecule has 52 valence electrons. The predicted octanol–water partition coefficient (Wildman–Crippen LogP) is 3.00. The summed E-state index contributed by atoms with van der Waals surface area (Å²) in [7, 11) is 0. The molecule has 2 aliphatic carbocycles. The number of alkyl halides is 1. The number of hydrogen-bond acceptors (Lipinski definition) is 0. The lowest BCUT2D eigenvalue weighted by Crippen LogP contribution is -2.33. The summed E-state index contributed by atoms with van der Waals surface area (Å²) in [5.41, 5.74) is 0.862. The fourth-order valence-electron chi connectivity index (χ4n) is 1.98. The van der Waals surface area contributed by atoms with Crippen LogP contribution in [-0.4, -0.2) is 4.43 Å². The van der Waals surface area contributed by atoms with E-state index in [1.807, 2.05) is 0 Å². The van der Waals surface area contributed by atoms with E-state index in [4.69, 9.17) is 0 Å². The van der Waals surface area contributed by atoms with Gasteiger partial charge < -0.3 is 0 Å². The van der Waals surface area contributed by atoms with Crippen LogP contribution < -0.4 is 0 Å². The topological polar surface area (TPSA) is 0 Å². The number of rotatable bonds is 2. The molecular formula is C8H13I. The van der Waals surface area contributed by atoms with E-state index < -0.39 is 0 Å². The lowest BCUT2D eigenvalue weighted by atomic mass is 9.67. The zero-order chi connectivity index (χ0) is 6.32. The van der Waals surface area contributed by atoms with E-state index in [1.165, 1.54) is 10.8 Å². The van der Waals surface area contributed by atoms with Crippen molar-refractivity contribution in [3.05, 3.63) is 0 Å². The van der Waals surface area contributed by atoms with Crippen molar-refractivity contribution in [2.45, 2.75) is 32.1 Å². The Balaban J connectivity index is 1.99. The molecule has 0 saturated heterocycles. The smallest absolute Gasteiger partial charge is 0.00546 e. The maximum Gasteiger partial charge on any atom is 0.00546 e. The van der Waals surface area contributed by atoms with E-state index in [0.29, 0.717) is 0 Å². The molecule has 2 aliphatic rings. The van der Waals surface area contributed by atoms with Gasteiger partial charge in [0.2, 0.25) is 0 Å². The van der Waals surface area contributed by atoms with Crippen LogP contribution in [0.3, 0.4) is 0 Å². The van der Waals surface area contributed by atoms with Crippen molar-refractivity contribution in [2.75, 3.05) is 4.43 Å². The van der Waals surface area contributed by atoms with Gasteiger partial charge in [0, 0.05) is 4.43 Å². The minimum Gasteiger partial charge on any atom is -0.0858 e. The highest BCUT2D eigenvalue weighted by atomic mass is 127. The molecule has 0 unspecified atom stereocenters. The van der Waals surface area contributed by atoms with Crippen LogP contribution in [-0.2, 0) is 0 Å². The molecule has 0 aliphatic heterocycles. The molecule has 1 heteroatoms. The molecule has 0 amide bonds. The molecule has 0 aromatic rings. The molecule has 0 heterocycles. The molecule has 0 spiro atoms. The van der Waals surface area contributed by atoms with Gasteiger partial charge in [-0.2, -0.15) is 0 Å². The SMILES string of the molecule is ICC1(C2CC2)CCC1. The molecule has 0 bridgehead atoms. The minimum atomic E-state index is 0.862. The molecule has 2 saturated carbocycles. The third kappa shape index (κ3) is 0.920. The number of hydrogen-bond donors (Lipinski definition) is 0. The first kappa shape index (κ1) is 6.44. The lowest BCUT2D eigenvalue weighted by molar-refractivity contribution is 0.138. The number of halogens is 1. The molecule has 2 fully saturated rings. The highest BCUT2D eigenvalue weighted by molar-refractivity contribution is 14.1. The molecule has 0 N–H and O–H groups in total. The molecule has 0 atom stereocenters. The fraction of sp³-hybridized carbons (Fsp3) is 1.00. The average Bonchev–Trinajstić information content (AvgIpc) is 2.47. The molecule has 2 rings (SSSR count). The summed E-state index contributed by atoms with van der Waals surface area (Å²) in [6.45, 7) is 0. The van der Waals surface area contributed by atoms with Crippen LogP contribution in [0.25, 0.3) is 0 Å². The molecule has 9 heavy (non-hydrogen) atoms. The average molecular weight is 236 g/mol. The van der Waals surface area contributed by atoms with Crippen LogP contribution in [0.15, 0.2) is 0 Å². The van der Waals surface area contributed by atoms with Crippen LogP contribution >= 0.6 is 22.6 Å². The summed E-state index contributed by atoms with van der Waals surface area (Å²) in [6, 6.07) is 0. The second-order valence-corrected chi connectivity index (χ2v) is 4.39. The fourth-order valence-corrected chi connectivity index (χ4v) is 3.36. The van der Waals surface area contributed by atoms with Gasteiger partial charge in [0.1, 0.15) is 0 Å². The van der Waals surface area contributed by atoms with E-state index in [2.05, 4.69) is 22.6 Å². The van der Waals surface area contributed by atoms with Gasteiger partial charge in [-0.15, -0.1) is 0 Å². The quantitative estimate of drug-likeness (QED) is 0.510.